The predicted octanol–water partition coefficient (Wildman–Crippen LogP) is 2.14. The first-order chi connectivity index (χ1) is 12.7. The van der Waals surface area contributed by atoms with Gasteiger partial charge in [-0.05, 0) is 17.0 Å². The summed E-state index contributed by atoms with van der Waals surface area (Å²) in [5.41, 5.74) is 0.984. The minimum atomic E-state index is -0.0373. The van der Waals surface area contributed by atoms with Crippen molar-refractivity contribution in [2.75, 3.05) is 32.7 Å². The fraction of sp³-hybridized carbons (Fsp3) is 0.400. The number of carbonyl (C=O) groups excluding carboxylic acids is 2. The zero-order chi connectivity index (χ0) is 18.2. The SMILES string of the molecule is O=C(Cc1ccccc1)NCCC(=O)N1CCN(Cc2cccs2)CC1. The summed E-state index contributed by atoms with van der Waals surface area (Å²) in [4.78, 5) is 29.9. The summed E-state index contributed by atoms with van der Waals surface area (Å²) in [6, 6.07) is 13.9. The molecule has 138 valence electrons. The number of carbonyl (C=O) groups is 2. The Labute approximate surface area is 158 Å². The largest absolute Gasteiger partial charge is 0.355 e. The van der Waals surface area contributed by atoms with E-state index in [0.717, 1.165) is 38.3 Å². The summed E-state index contributed by atoms with van der Waals surface area (Å²) in [5, 5.41) is 4.94. The van der Waals surface area contributed by atoms with E-state index in [2.05, 4.69) is 27.7 Å². The second-order valence-electron chi connectivity index (χ2n) is 6.50. The maximum atomic E-state index is 12.3. The Balaban J connectivity index is 1.32. The molecule has 1 fully saturated rings. The zero-order valence-electron chi connectivity index (χ0n) is 14.9. The number of thiophene rings is 1. The summed E-state index contributed by atoms with van der Waals surface area (Å²) < 4.78 is 0. The Morgan fingerprint density at radius 2 is 1.77 bits per heavy atom. The normalized spacial score (nSPS) is 15.0. The summed E-state index contributed by atoms with van der Waals surface area (Å²) in [7, 11) is 0. The number of hydrogen-bond donors (Lipinski definition) is 1. The number of benzene rings is 1. The molecule has 0 unspecified atom stereocenters. The van der Waals surface area contributed by atoms with Crippen LogP contribution >= 0.6 is 11.3 Å². The second-order valence-corrected chi connectivity index (χ2v) is 7.53. The lowest BCUT2D eigenvalue weighted by Crippen LogP contribution is -2.48. The first kappa shape index (κ1) is 18.6. The summed E-state index contributed by atoms with van der Waals surface area (Å²) in [5.74, 6) is 0.0885. The topological polar surface area (TPSA) is 52.7 Å². The van der Waals surface area contributed by atoms with Crippen LogP contribution in [0.2, 0.25) is 0 Å². The fourth-order valence-corrected chi connectivity index (χ4v) is 3.84. The van der Waals surface area contributed by atoms with Crippen LogP contribution in [0.1, 0.15) is 16.9 Å². The molecule has 0 saturated carbocycles. The second kappa shape index (κ2) is 9.50. The van der Waals surface area contributed by atoms with Gasteiger partial charge in [-0.2, -0.15) is 0 Å². The van der Waals surface area contributed by atoms with Gasteiger partial charge in [-0.3, -0.25) is 14.5 Å². The highest BCUT2D eigenvalue weighted by atomic mass is 32.1. The summed E-state index contributed by atoms with van der Waals surface area (Å²) in [6.45, 7) is 4.72. The van der Waals surface area contributed by atoms with E-state index >= 15 is 0 Å². The van der Waals surface area contributed by atoms with Crippen LogP contribution in [0.3, 0.4) is 0 Å². The highest BCUT2D eigenvalue weighted by Gasteiger charge is 2.21. The number of nitrogens with one attached hydrogen (secondary N) is 1. The Bertz CT molecular complexity index is 695. The minimum Gasteiger partial charge on any atom is -0.355 e. The number of amides is 2. The first-order valence-corrected chi connectivity index (χ1v) is 9.92. The van der Waals surface area contributed by atoms with Gasteiger partial charge in [0, 0.05) is 50.6 Å². The van der Waals surface area contributed by atoms with Gasteiger partial charge in [0.1, 0.15) is 0 Å². The molecule has 0 spiro atoms. The minimum absolute atomic E-state index is 0.0373. The number of hydrogen-bond acceptors (Lipinski definition) is 4. The van der Waals surface area contributed by atoms with Crippen molar-refractivity contribution in [3.05, 3.63) is 58.3 Å². The van der Waals surface area contributed by atoms with Crippen LogP contribution < -0.4 is 5.32 Å². The standard InChI is InChI=1S/C20H25N3O2S/c24-19(15-17-5-2-1-3-6-17)21-9-8-20(25)23-12-10-22(11-13-23)16-18-7-4-14-26-18/h1-7,14H,8-13,15-16H2,(H,21,24). The lowest BCUT2D eigenvalue weighted by Gasteiger charge is -2.34. The van der Waals surface area contributed by atoms with Crippen molar-refractivity contribution in [2.45, 2.75) is 19.4 Å². The molecule has 6 heteroatoms. The van der Waals surface area contributed by atoms with Gasteiger partial charge in [-0.25, -0.2) is 0 Å². The van der Waals surface area contributed by atoms with Crippen LogP contribution in [0.15, 0.2) is 47.8 Å². The molecule has 1 N–H and O–H groups in total. The van der Waals surface area contributed by atoms with Gasteiger partial charge >= 0.3 is 0 Å². The third-order valence-electron chi connectivity index (χ3n) is 4.55. The molecular formula is C20H25N3O2S. The van der Waals surface area contributed by atoms with Gasteiger partial charge in [0.05, 0.1) is 6.42 Å². The van der Waals surface area contributed by atoms with Gasteiger partial charge in [-0.15, -0.1) is 11.3 Å². The lowest BCUT2D eigenvalue weighted by molar-refractivity contribution is -0.133. The molecule has 1 aromatic heterocycles. The molecule has 26 heavy (non-hydrogen) atoms. The Morgan fingerprint density at radius 1 is 1.00 bits per heavy atom. The molecule has 5 nitrogen and oxygen atoms in total. The van der Waals surface area contributed by atoms with Crippen LogP contribution in [0, 0.1) is 0 Å². The average molecular weight is 372 g/mol. The Morgan fingerprint density at radius 3 is 2.46 bits per heavy atom. The molecule has 1 aromatic carbocycles. The molecular weight excluding hydrogens is 346 g/mol. The van der Waals surface area contributed by atoms with E-state index in [1.165, 1.54) is 4.88 Å². The fourth-order valence-electron chi connectivity index (χ4n) is 3.09. The number of piperazine rings is 1. The van der Waals surface area contributed by atoms with Crippen LogP contribution in [-0.4, -0.2) is 54.3 Å². The van der Waals surface area contributed by atoms with Crippen molar-refractivity contribution in [1.82, 2.24) is 15.1 Å². The highest BCUT2D eigenvalue weighted by Crippen LogP contribution is 2.13. The van der Waals surface area contributed by atoms with Crippen molar-refractivity contribution in [2.24, 2.45) is 0 Å². The number of rotatable bonds is 7. The summed E-state index contributed by atoms with van der Waals surface area (Å²) in [6.07, 6.45) is 0.724. The lowest BCUT2D eigenvalue weighted by atomic mass is 10.1. The van der Waals surface area contributed by atoms with E-state index in [-0.39, 0.29) is 11.8 Å². The Kier molecular flexibility index (Phi) is 6.80. The molecule has 0 atom stereocenters. The number of nitrogens with zero attached hydrogens (tertiary/aromatic N) is 2. The van der Waals surface area contributed by atoms with E-state index in [4.69, 9.17) is 0 Å². The molecule has 1 aliphatic rings. The smallest absolute Gasteiger partial charge is 0.224 e. The molecule has 2 aromatic rings. The molecule has 0 aliphatic carbocycles. The molecule has 2 amide bonds. The van der Waals surface area contributed by atoms with E-state index in [0.29, 0.717) is 19.4 Å². The Hall–Kier alpha value is -2.18. The molecule has 0 bridgehead atoms. The maximum Gasteiger partial charge on any atom is 0.224 e. The quantitative estimate of drug-likeness (QED) is 0.811. The van der Waals surface area contributed by atoms with Crippen molar-refractivity contribution >= 4 is 23.2 Å². The van der Waals surface area contributed by atoms with E-state index in [9.17, 15) is 9.59 Å². The molecule has 3 rings (SSSR count). The molecule has 1 saturated heterocycles. The van der Waals surface area contributed by atoms with Gasteiger partial charge in [0.2, 0.25) is 11.8 Å². The van der Waals surface area contributed by atoms with Crippen molar-refractivity contribution in [3.63, 3.8) is 0 Å². The van der Waals surface area contributed by atoms with Crippen molar-refractivity contribution < 1.29 is 9.59 Å². The van der Waals surface area contributed by atoms with Gasteiger partial charge in [-0.1, -0.05) is 36.4 Å². The summed E-state index contributed by atoms with van der Waals surface area (Å²) >= 11 is 1.78. The monoisotopic (exact) mass is 371 g/mol. The van der Waals surface area contributed by atoms with Crippen molar-refractivity contribution in [3.8, 4) is 0 Å². The van der Waals surface area contributed by atoms with Gasteiger partial charge < -0.3 is 10.2 Å². The van der Waals surface area contributed by atoms with Crippen LogP contribution in [0.5, 0.6) is 0 Å². The van der Waals surface area contributed by atoms with E-state index < -0.39 is 0 Å². The van der Waals surface area contributed by atoms with Gasteiger partial charge in [0.15, 0.2) is 0 Å². The van der Waals surface area contributed by atoms with Crippen LogP contribution in [-0.2, 0) is 22.6 Å². The van der Waals surface area contributed by atoms with Gasteiger partial charge in [0.25, 0.3) is 0 Å². The maximum absolute atomic E-state index is 12.3. The van der Waals surface area contributed by atoms with Crippen LogP contribution in [0.4, 0.5) is 0 Å². The highest BCUT2D eigenvalue weighted by molar-refractivity contribution is 7.09. The average Bonchev–Trinajstić information content (AvgIpc) is 3.16. The third kappa shape index (κ3) is 5.68. The predicted molar refractivity (Wildman–Crippen MR) is 104 cm³/mol. The molecule has 2 heterocycles. The molecule has 1 aliphatic heterocycles. The van der Waals surface area contributed by atoms with E-state index in [1.807, 2.05) is 35.2 Å². The zero-order valence-corrected chi connectivity index (χ0v) is 15.7. The first-order valence-electron chi connectivity index (χ1n) is 9.04. The van der Waals surface area contributed by atoms with Crippen LogP contribution in [0.25, 0.3) is 0 Å². The molecule has 0 radical (unpaired) electrons. The third-order valence-corrected chi connectivity index (χ3v) is 5.41. The van der Waals surface area contributed by atoms with Crippen molar-refractivity contribution in [1.29, 1.82) is 0 Å². The van der Waals surface area contributed by atoms with E-state index in [1.54, 1.807) is 11.3 Å².